The van der Waals surface area contributed by atoms with Crippen molar-refractivity contribution in [1.29, 1.82) is 0 Å². The highest BCUT2D eigenvalue weighted by atomic mass is 16.3. The Morgan fingerprint density at radius 2 is 2.18 bits per heavy atom. The Hall–Kier alpha value is -2.34. The Bertz CT molecular complexity index is 639. The largest absolute Gasteiger partial charge is 0.396 e. The van der Waals surface area contributed by atoms with Crippen molar-refractivity contribution in [2.75, 3.05) is 11.9 Å². The molecule has 0 bridgehead atoms. The number of aliphatic hydroxyl groups is 1. The van der Waals surface area contributed by atoms with Gasteiger partial charge in [0.15, 0.2) is 0 Å². The third-order valence-electron chi connectivity index (χ3n) is 3.70. The molecule has 1 aromatic carbocycles. The Labute approximate surface area is 130 Å². The second kappa shape index (κ2) is 7.09. The van der Waals surface area contributed by atoms with Gasteiger partial charge < -0.3 is 20.3 Å². The van der Waals surface area contributed by atoms with E-state index in [9.17, 15) is 4.79 Å². The van der Waals surface area contributed by atoms with E-state index in [1.54, 1.807) is 6.20 Å². The van der Waals surface area contributed by atoms with Crippen LogP contribution in [-0.2, 0) is 7.05 Å². The Morgan fingerprint density at radius 1 is 1.41 bits per heavy atom. The molecule has 2 amide bonds. The Kier molecular flexibility index (Phi) is 5.16. The van der Waals surface area contributed by atoms with Gasteiger partial charge in [-0.2, -0.15) is 0 Å². The number of aromatic nitrogens is 2. The predicted molar refractivity (Wildman–Crippen MR) is 86.5 cm³/mol. The Balaban J connectivity index is 2.05. The second-order valence-corrected chi connectivity index (χ2v) is 5.49. The number of carbonyl (C=O) groups is 1. The molecule has 0 fully saturated rings. The third kappa shape index (κ3) is 3.85. The highest BCUT2D eigenvalue weighted by molar-refractivity contribution is 5.90. The monoisotopic (exact) mass is 302 g/mol. The number of nitrogens with one attached hydrogen (secondary N) is 2. The molecule has 0 aliphatic carbocycles. The summed E-state index contributed by atoms with van der Waals surface area (Å²) in [6.07, 6.45) is 3.61. The maximum Gasteiger partial charge on any atom is 0.319 e. The zero-order chi connectivity index (χ0) is 16.1. The molecule has 1 aromatic heterocycles. The minimum Gasteiger partial charge on any atom is -0.396 e. The number of amides is 2. The first kappa shape index (κ1) is 16.0. The van der Waals surface area contributed by atoms with Crippen LogP contribution in [0.2, 0.25) is 0 Å². The summed E-state index contributed by atoms with van der Waals surface area (Å²) in [5.74, 6) is 0.844. The number of benzene rings is 1. The molecule has 1 heterocycles. The minimum absolute atomic E-state index is 0.00431. The van der Waals surface area contributed by atoms with Crippen molar-refractivity contribution in [1.82, 2.24) is 14.9 Å². The molecule has 0 aliphatic rings. The van der Waals surface area contributed by atoms with E-state index < -0.39 is 0 Å². The summed E-state index contributed by atoms with van der Waals surface area (Å²) < 4.78 is 1.92. The van der Waals surface area contributed by atoms with Crippen molar-refractivity contribution >= 4 is 11.7 Å². The fourth-order valence-electron chi connectivity index (χ4n) is 2.05. The number of hydrogen-bond donors (Lipinski definition) is 3. The van der Waals surface area contributed by atoms with Crippen LogP contribution in [0, 0.1) is 5.92 Å². The van der Waals surface area contributed by atoms with E-state index in [1.807, 2.05) is 55.9 Å². The summed E-state index contributed by atoms with van der Waals surface area (Å²) in [5.41, 5.74) is 1.63. The highest BCUT2D eigenvalue weighted by Gasteiger charge is 2.14. The van der Waals surface area contributed by atoms with Gasteiger partial charge in [0.25, 0.3) is 0 Å². The van der Waals surface area contributed by atoms with Gasteiger partial charge in [-0.1, -0.05) is 19.1 Å². The molecule has 6 heteroatoms. The molecule has 0 saturated carbocycles. The van der Waals surface area contributed by atoms with E-state index in [1.165, 1.54) is 0 Å². The van der Waals surface area contributed by atoms with E-state index in [-0.39, 0.29) is 24.6 Å². The molecule has 0 saturated heterocycles. The number of hydrogen-bond acceptors (Lipinski definition) is 3. The number of aliphatic hydroxyl groups excluding tert-OH is 1. The average Bonchev–Trinajstić information content (AvgIpc) is 2.92. The van der Waals surface area contributed by atoms with Crippen molar-refractivity contribution in [3.63, 3.8) is 0 Å². The quantitative estimate of drug-likeness (QED) is 0.792. The van der Waals surface area contributed by atoms with Gasteiger partial charge >= 0.3 is 6.03 Å². The van der Waals surface area contributed by atoms with Crippen LogP contribution in [0.1, 0.15) is 13.8 Å². The van der Waals surface area contributed by atoms with E-state index in [0.29, 0.717) is 5.69 Å². The molecule has 3 N–H and O–H groups in total. The van der Waals surface area contributed by atoms with Gasteiger partial charge in [-0.05, 0) is 25.0 Å². The third-order valence-corrected chi connectivity index (χ3v) is 3.70. The lowest BCUT2D eigenvalue weighted by atomic mass is 10.1. The summed E-state index contributed by atoms with van der Waals surface area (Å²) in [6.45, 7) is 3.79. The first-order chi connectivity index (χ1) is 10.5. The van der Waals surface area contributed by atoms with Gasteiger partial charge in [-0.25, -0.2) is 9.78 Å². The highest BCUT2D eigenvalue weighted by Crippen LogP contribution is 2.20. The smallest absolute Gasteiger partial charge is 0.319 e. The number of rotatable bonds is 5. The minimum atomic E-state index is -0.287. The van der Waals surface area contributed by atoms with Crippen molar-refractivity contribution in [3.8, 4) is 11.4 Å². The van der Waals surface area contributed by atoms with Gasteiger partial charge in [-0.3, -0.25) is 0 Å². The van der Waals surface area contributed by atoms with Crippen LogP contribution in [0.4, 0.5) is 10.5 Å². The zero-order valence-electron chi connectivity index (χ0n) is 13.1. The standard InChI is InChI=1S/C16H22N4O2/c1-11(10-21)12(2)18-16(22)19-14-6-4-5-13(9-14)15-17-7-8-20(15)3/h4-9,11-12,21H,10H2,1-3H3,(H2,18,19,22). The molecule has 2 aromatic rings. The molecule has 22 heavy (non-hydrogen) atoms. The number of aryl methyl sites for hydroxylation is 1. The van der Waals surface area contributed by atoms with Crippen molar-refractivity contribution in [2.24, 2.45) is 13.0 Å². The summed E-state index contributed by atoms with van der Waals surface area (Å²) in [7, 11) is 1.92. The number of nitrogens with zero attached hydrogens (tertiary/aromatic N) is 2. The van der Waals surface area contributed by atoms with Crippen LogP contribution in [0.25, 0.3) is 11.4 Å². The lowest BCUT2D eigenvalue weighted by Gasteiger charge is -2.19. The second-order valence-electron chi connectivity index (χ2n) is 5.49. The van der Waals surface area contributed by atoms with Crippen molar-refractivity contribution in [3.05, 3.63) is 36.7 Å². The summed E-state index contributed by atoms with van der Waals surface area (Å²) >= 11 is 0. The SMILES string of the molecule is CC(CO)C(C)NC(=O)Nc1cccc(-c2nccn2C)c1. The molecule has 0 spiro atoms. The van der Waals surface area contributed by atoms with Gasteiger partial charge in [-0.15, -0.1) is 0 Å². The van der Waals surface area contributed by atoms with Crippen molar-refractivity contribution in [2.45, 2.75) is 19.9 Å². The molecule has 0 aliphatic heterocycles. The summed E-state index contributed by atoms with van der Waals surface area (Å²) in [6, 6.07) is 7.13. The van der Waals surface area contributed by atoms with Crippen LogP contribution in [0.15, 0.2) is 36.7 Å². The molecule has 0 radical (unpaired) electrons. The van der Waals surface area contributed by atoms with Crippen LogP contribution in [0.5, 0.6) is 0 Å². The van der Waals surface area contributed by atoms with Crippen LogP contribution in [-0.4, -0.2) is 33.3 Å². The fourth-order valence-corrected chi connectivity index (χ4v) is 2.05. The molecule has 2 unspecified atom stereocenters. The lowest BCUT2D eigenvalue weighted by Crippen LogP contribution is -2.40. The summed E-state index contributed by atoms with van der Waals surface area (Å²) in [5, 5.41) is 14.7. The molecule has 6 nitrogen and oxygen atoms in total. The average molecular weight is 302 g/mol. The normalized spacial score (nSPS) is 13.5. The number of imidazole rings is 1. The van der Waals surface area contributed by atoms with E-state index >= 15 is 0 Å². The summed E-state index contributed by atoms with van der Waals surface area (Å²) in [4.78, 5) is 16.3. The number of carbonyl (C=O) groups excluding carboxylic acids is 1. The van der Waals surface area contributed by atoms with Gasteiger partial charge in [0, 0.05) is 43.3 Å². The topological polar surface area (TPSA) is 79.2 Å². The Morgan fingerprint density at radius 3 is 2.82 bits per heavy atom. The fraction of sp³-hybridized carbons (Fsp3) is 0.375. The van der Waals surface area contributed by atoms with Gasteiger partial charge in [0.05, 0.1) is 0 Å². The zero-order valence-corrected chi connectivity index (χ0v) is 13.1. The molecular weight excluding hydrogens is 280 g/mol. The molecule has 118 valence electrons. The first-order valence-corrected chi connectivity index (χ1v) is 7.27. The van der Waals surface area contributed by atoms with Gasteiger partial charge in [0.2, 0.25) is 0 Å². The van der Waals surface area contributed by atoms with E-state index in [0.717, 1.165) is 11.4 Å². The first-order valence-electron chi connectivity index (χ1n) is 7.27. The van der Waals surface area contributed by atoms with E-state index in [2.05, 4.69) is 15.6 Å². The van der Waals surface area contributed by atoms with E-state index in [4.69, 9.17) is 5.11 Å². The van der Waals surface area contributed by atoms with Gasteiger partial charge in [0.1, 0.15) is 5.82 Å². The van der Waals surface area contributed by atoms with Crippen molar-refractivity contribution < 1.29 is 9.90 Å². The van der Waals surface area contributed by atoms with Crippen LogP contribution >= 0.6 is 0 Å². The van der Waals surface area contributed by atoms with Crippen LogP contribution < -0.4 is 10.6 Å². The predicted octanol–water partition coefficient (Wildman–Crippen LogP) is 2.23. The van der Waals surface area contributed by atoms with Crippen LogP contribution in [0.3, 0.4) is 0 Å². The lowest BCUT2D eigenvalue weighted by molar-refractivity contribution is 0.204. The molecule has 2 atom stereocenters. The molecular formula is C16H22N4O2. The molecule has 2 rings (SSSR count). The maximum atomic E-state index is 12.0. The maximum absolute atomic E-state index is 12.0. The number of anilines is 1. The number of urea groups is 1.